The SMILES string of the molecule is COC(=O)CC(NC(=O)N1CCc2[nH]cnc2C1c1ccc(Br)cc1F)C(=O)OC. The third kappa shape index (κ3) is 4.45. The average molecular weight is 483 g/mol. The van der Waals surface area contributed by atoms with Crippen molar-refractivity contribution in [2.45, 2.75) is 24.9 Å². The van der Waals surface area contributed by atoms with Crippen molar-refractivity contribution in [2.75, 3.05) is 20.8 Å². The third-order valence-corrected chi connectivity index (χ3v) is 5.32. The van der Waals surface area contributed by atoms with E-state index >= 15 is 0 Å². The molecule has 0 aliphatic carbocycles. The Hall–Kier alpha value is -2.95. The Morgan fingerprint density at radius 2 is 2.13 bits per heavy atom. The van der Waals surface area contributed by atoms with Crippen LogP contribution in [0.4, 0.5) is 9.18 Å². The number of aromatic nitrogens is 2. The molecule has 2 unspecified atom stereocenters. The minimum atomic E-state index is -1.24. The Bertz CT molecular complexity index is 966. The second kappa shape index (κ2) is 9.24. The van der Waals surface area contributed by atoms with Gasteiger partial charge in [0.2, 0.25) is 0 Å². The van der Waals surface area contributed by atoms with Gasteiger partial charge in [-0.05, 0) is 12.1 Å². The molecule has 0 bridgehead atoms. The van der Waals surface area contributed by atoms with E-state index in [2.05, 4.69) is 40.7 Å². The first-order valence-corrected chi connectivity index (χ1v) is 9.83. The van der Waals surface area contributed by atoms with Crippen molar-refractivity contribution in [1.82, 2.24) is 20.2 Å². The van der Waals surface area contributed by atoms with Gasteiger partial charge in [-0.3, -0.25) is 4.79 Å². The number of hydrogen-bond acceptors (Lipinski definition) is 6. The number of nitrogens with zero attached hydrogens (tertiary/aromatic N) is 2. The summed E-state index contributed by atoms with van der Waals surface area (Å²) in [6, 6.07) is 1.83. The Kier molecular flexibility index (Phi) is 6.70. The molecule has 2 atom stereocenters. The van der Waals surface area contributed by atoms with Gasteiger partial charge in [-0.1, -0.05) is 22.0 Å². The van der Waals surface area contributed by atoms with Gasteiger partial charge in [0.15, 0.2) is 0 Å². The largest absolute Gasteiger partial charge is 0.469 e. The van der Waals surface area contributed by atoms with Crippen LogP contribution in [-0.4, -0.2) is 59.6 Å². The number of hydrogen-bond donors (Lipinski definition) is 2. The molecular formula is C19H20BrFN4O5. The van der Waals surface area contributed by atoms with E-state index in [0.29, 0.717) is 16.6 Å². The van der Waals surface area contributed by atoms with Crippen molar-refractivity contribution in [3.05, 3.63) is 51.8 Å². The quantitative estimate of drug-likeness (QED) is 0.630. The maximum absolute atomic E-state index is 14.8. The number of methoxy groups -OCH3 is 2. The average Bonchev–Trinajstić information content (AvgIpc) is 3.21. The van der Waals surface area contributed by atoms with Gasteiger partial charge in [0.05, 0.1) is 32.7 Å². The minimum Gasteiger partial charge on any atom is -0.469 e. The number of fused-ring (bicyclic) bond motifs is 1. The normalized spacial score (nSPS) is 16.4. The topological polar surface area (TPSA) is 114 Å². The molecule has 1 aromatic heterocycles. The highest BCUT2D eigenvalue weighted by Crippen LogP contribution is 2.35. The summed E-state index contributed by atoms with van der Waals surface area (Å²) in [6.07, 6.45) is 1.56. The lowest BCUT2D eigenvalue weighted by Gasteiger charge is -2.36. The molecule has 2 aromatic rings. The van der Waals surface area contributed by atoms with Gasteiger partial charge in [-0.25, -0.2) is 19.0 Å². The van der Waals surface area contributed by atoms with Crippen molar-refractivity contribution >= 4 is 33.9 Å². The lowest BCUT2D eigenvalue weighted by atomic mass is 9.95. The summed E-state index contributed by atoms with van der Waals surface area (Å²) >= 11 is 3.22. The summed E-state index contributed by atoms with van der Waals surface area (Å²) in [4.78, 5) is 45.4. The lowest BCUT2D eigenvalue weighted by Crippen LogP contribution is -2.52. The number of urea groups is 1. The molecule has 2 amide bonds. The molecule has 30 heavy (non-hydrogen) atoms. The van der Waals surface area contributed by atoms with E-state index in [4.69, 9.17) is 0 Å². The highest BCUT2D eigenvalue weighted by Gasteiger charge is 2.37. The fourth-order valence-electron chi connectivity index (χ4n) is 3.35. The number of nitrogens with one attached hydrogen (secondary N) is 2. The molecule has 0 saturated carbocycles. The summed E-state index contributed by atoms with van der Waals surface area (Å²) in [5, 5.41) is 2.50. The van der Waals surface area contributed by atoms with Gasteiger partial charge in [0.1, 0.15) is 17.9 Å². The lowest BCUT2D eigenvalue weighted by molar-refractivity contribution is -0.149. The molecule has 0 spiro atoms. The van der Waals surface area contributed by atoms with Crippen LogP contribution in [0, 0.1) is 5.82 Å². The number of imidazole rings is 1. The predicted molar refractivity (Wildman–Crippen MR) is 106 cm³/mol. The van der Waals surface area contributed by atoms with E-state index in [0.717, 1.165) is 12.8 Å². The van der Waals surface area contributed by atoms with Crippen molar-refractivity contribution in [3.8, 4) is 0 Å². The van der Waals surface area contributed by atoms with Crippen molar-refractivity contribution in [1.29, 1.82) is 0 Å². The van der Waals surface area contributed by atoms with Crippen LogP contribution in [0.3, 0.4) is 0 Å². The fraction of sp³-hybridized carbons (Fsp3) is 0.368. The second-order valence-corrected chi connectivity index (χ2v) is 7.50. The van der Waals surface area contributed by atoms with Gasteiger partial charge < -0.3 is 24.7 Å². The van der Waals surface area contributed by atoms with Gasteiger partial charge in [0.25, 0.3) is 0 Å². The summed E-state index contributed by atoms with van der Waals surface area (Å²) in [6.45, 7) is 0.243. The summed E-state index contributed by atoms with van der Waals surface area (Å²) in [5.41, 5.74) is 1.56. The minimum absolute atomic E-state index is 0.243. The molecule has 1 aromatic carbocycles. The van der Waals surface area contributed by atoms with Gasteiger partial charge in [-0.15, -0.1) is 0 Å². The van der Waals surface area contributed by atoms with Crippen LogP contribution >= 0.6 is 15.9 Å². The Balaban J connectivity index is 1.93. The van der Waals surface area contributed by atoms with Crippen LogP contribution in [0.15, 0.2) is 29.0 Å². The van der Waals surface area contributed by atoms with E-state index < -0.39 is 42.3 Å². The molecule has 11 heteroatoms. The van der Waals surface area contributed by atoms with Crippen LogP contribution in [0.1, 0.15) is 29.4 Å². The molecule has 3 rings (SSSR count). The molecule has 2 N–H and O–H groups in total. The van der Waals surface area contributed by atoms with Crippen LogP contribution in [-0.2, 0) is 25.5 Å². The van der Waals surface area contributed by atoms with Crippen molar-refractivity contribution in [3.63, 3.8) is 0 Å². The Morgan fingerprint density at radius 3 is 2.80 bits per heavy atom. The monoisotopic (exact) mass is 482 g/mol. The first-order valence-electron chi connectivity index (χ1n) is 9.04. The van der Waals surface area contributed by atoms with Crippen LogP contribution in [0.25, 0.3) is 0 Å². The molecular weight excluding hydrogens is 463 g/mol. The zero-order valence-corrected chi connectivity index (χ0v) is 17.9. The number of halogens is 2. The summed E-state index contributed by atoms with van der Waals surface area (Å²) in [7, 11) is 2.32. The van der Waals surface area contributed by atoms with Crippen LogP contribution in [0.2, 0.25) is 0 Å². The van der Waals surface area contributed by atoms with Crippen LogP contribution in [0.5, 0.6) is 0 Å². The molecule has 2 heterocycles. The summed E-state index contributed by atoms with van der Waals surface area (Å²) in [5.74, 6) is -1.99. The molecule has 0 saturated heterocycles. The van der Waals surface area contributed by atoms with E-state index in [1.165, 1.54) is 24.4 Å². The van der Waals surface area contributed by atoms with Crippen molar-refractivity contribution in [2.24, 2.45) is 0 Å². The fourth-order valence-corrected chi connectivity index (χ4v) is 3.68. The predicted octanol–water partition coefficient (Wildman–Crippen LogP) is 2.07. The zero-order valence-electron chi connectivity index (χ0n) is 16.3. The maximum Gasteiger partial charge on any atom is 0.329 e. The van der Waals surface area contributed by atoms with Crippen molar-refractivity contribution < 1.29 is 28.2 Å². The highest BCUT2D eigenvalue weighted by atomic mass is 79.9. The van der Waals surface area contributed by atoms with E-state index in [1.54, 1.807) is 12.1 Å². The number of carbonyl (C=O) groups is 3. The zero-order chi connectivity index (χ0) is 21.8. The molecule has 1 aliphatic rings. The summed E-state index contributed by atoms with van der Waals surface area (Å²) < 4.78 is 24.6. The van der Waals surface area contributed by atoms with Gasteiger partial charge >= 0.3 is 18.0 Å². The first-order chi connectivity index (χ1) is 14.3. The van der Waals surface area contributed by atoms with E-state index in [9.17, 15) is 18.8 Å². The van der Waals surface area contributed by atoms with Gasteiger partial charge in [-0.2, -0.15) is 0 Å². The maximum atomic E-state index is 14.8. The third-order valence-electron chi connectivity index (χ3n) is 4.82. The van der Waals surface area contributed by atoms with Gasteiger partial charge in [0, 0.05) is 28.7 Å². The number of carbonyl (C=O) groups excluding carboxylic acids is 3. The first kappa shape index (κ1) is 21.8. The molecule has 9 nitrogen and oxygen atoms in total. The highest BCUT2D eigenvalue weighted by molar-refractivity contribution is 9.10. The Labute approximate surface area is 180 Å². The van der Waals surface area contributed by atoms with E-state index in [-0.39, 0.29) is 12.1 Å². The number of aromatic amines is 1. The number of H-pyrrole nitrogens is 1. The second-order valence-electron chi connectivity index (χ2n) is 6.58. The molecule has 0 radical (unpaired) electrons. The van der Waals surface area contributed by atoms with E-state index in [1.807, 2.05) is 0 Å². The standard InChI is InChI=1S/C19H20BrFN4O5/c1-29-15(26)8-14(18(27)30-2)24-19(28)25-6-5-13-16(23-9-22-13)17(25)11-4-3-10(20)7-12(11)21/h3-4,7,9,14,17H,5-6,8H2,1-2H3,(H,22,23)(H,24,28). The molecule has 160 valence electrons. The molecule has 0 fully saturated rings. The number of ether oxygens (including phenoxy) is 2. The Morgan fingerprint density at radius 1 is 1.37 bits per heavy atom. The van der Waals surface area contributed by atoms with Crippen LogP contribution < -0.4 is 5.32 Å². The number of amides is 2. The number of esters is 2. The smallest absolute Gasteiger partial charge is 0.329 e. The number of benzene rings is 1. The number of rotatable bonds is 5. The molecule has 1 aliphatic heterocycles.